The Bertz CT molecular complexity index is 2440. The Hall–Kier alpha value is -6.37. The van der Waals surface area contributed by atoms with Crippen LogP contribution in [0.1, 0.15) is 36.8 Å². The fourth-order valence-electron chi connectivity index (χ4n) is 5.96. The molecule has 0 radical (unpaired) electrons. The minimum Gasteiger partial charge on any atom is -0.493 e. The van der Waals surface area contributed by atoms with Gasteiger partial charge in [0.25, 0.3) is 0 Å². The molecule has 0 unspecified atom stereocenters. The highest BCUT2D eigenvalue weighted by Gasteiger charge is 2.38. The van der Waals surface area contributed by atoms with Gasteiger partial charge in [0.05, 0.1) is 21.3 Å². The van der Waals surface area contributed by atoms with Gasteiger partial charge in [-0.25, -0.2) is 26.4 Å². The summed E-state index contributed by atoms with van der Waals surface area (Å²) >= 11 is 0. The van der Waals surface area contributed by atoms with Crippen molar-refractivity contribution in [2.24, 2.45) is 11.7 Å². The van der Waals surface area contributed by atoms with Gasteiger partial charge in [0, 0.05) is 55.8 Å². The molecule has 3 heterocycles. The highest BCUT2D eigenvalue weighted by molar-refractivity contribution is 7.91. The molecule has 1 saturated heterocycles. The van der Waals surface area contributed by atoms with Crippen molar-refractivity contribution in [3.05, 3.63) is 133 Å². The van der Waals surface area contributed by atoms with E-state index in [-0.39, 0.29) is 27.3 Å². The van der Waals surface area contributed by atoms with E-state index in [4.69, 9.17) is 10.5 Å². The number of nitrogens with zero attached hydrogens (tertiary/aromatic N) is 3. The number of sulfone groups is 1. The van der Waals surface area contributed by atoms with Crippen molar-refractivity contribution < 1.29 is 36.0 Å². The van der Waals surface area contributed by atoms with E-state index in [2.05, 4.69) is 31.2 Å². The van der Waals surface area contributed by atoms with E-state index < -0.39 is 37.8 Å². The van der Waals surface area contributed by atoms with Crippen LogP contribution < -0.4 is 31.7 Å². The van der Waals surface area contributed by atoms with Gasteiger partial charge in [-0.05, 0) is 122 Å². The number of hydrogen-bond acceptors (Lipinski definition) is 10. The molecule has 1 aliphatic carbocycles. The maximum Gasteiger partial charge on any atom is 0.319 e. The Morgan fingerprint density at radius 3 is 1.76 bits per heavy atom. The molecular weight excluding hydrogens is 797 g/mol. The van der Waals surface area contributed by atoms with E-state index in [1.807, 2.05) is 12.1 Å². The molecule has 7 rings (SSSR count). The van der Waals surface area contributed by atoms with Crippen LogP contribution in [-0.2, 0) is 37.7 Å². The number of sulfonamides is 1. The van der Waals surface area contributed by atoms with E-state index in [0.29, 0.717) is 55.6 Å². The number of carbonyl (C=O) groups is 3. The summed E-state index contributed by atoms with van der Waals surface area (Å²) in [7, 11) is -7.52. The van der Waals surface area contributed by atoms with Gasteiger partial charge in [0.15, 0.2) is 0 Å². The van der Waals surface area contributed by atoms with Crippen molar-refractivity contribution in [1.82, 2.24) is 24.9 Å². The largest absolute Gasteiger partial charge is 0.493 e. The average molecular weight is 841 g/mol. The number of aromatic nitrogens is 2. The molecule has 1 atom stereocenters. The number of nitrogens with two attached hydrogens (primary N) is 1. The van der Waals surface area contributed by atoms with Crippen LogP contribution in [0.5, 0.6) is 5.75 Å². The van der Waals surface area contributed by atoms with Gasteiger partial charge in [-0.15, -0.1) is 0 Å². The number of ether oxygens (including phenoxy) is 1. The second kappa shape index (κ2) is 19.4. The van der Waals surface area contributed by atoms with Gasteiger partial charge >= 0.3 is 12.1 Å². The van der Waals surface area contributed by atoms with Gasteiger partial charge in [0.2, 0.25) is 25.8 Å². The highest BCUT2D eigenvalue weighted by atomic mass is 32.2. The first-order chi connectivity index (χ1) is 28.4. The molecule has 5 aromatic rings. The lowest BCUT2D eigenvalue weighted by molar-refractivity contribution is -0.121. The molecule has 1 saturated carbocycles. The van der Waals surface area contributed by atoms with Gasteiger partial charge in [-0.2, -0.15) is 4.31 Å². The molecule has 308 valence electrons. The molecule has 3 aromatic carbocycles. The number of nitrogens with one attached hydrogen (secondary N) is 4. The number of primary amides is 1. The first-order valence-corrected chi connectivity index (χ1v) is 21.7. The number of amides is 5. The number of pyridine rings is 2. The molecule has 18 heteroatoms. The Kier molecular flexibility index (Phi) is 13.9. The van der Waals surface area contributed by atoms with Gasteiger partial charge < -0.3 is 31.7 Å². The van der Waals surface area contributed by atoms with Crippen molar-refractivity contribution in [1.29, 1.82) is 0 Å². The molecule has 0 bridgehead atoms. The summed E-state index contributed by atoms with van der Waals surface area (Å²) in [6, 6.07) is 24.0. The molecule has 2 aromatic heterocycles. The summed E-state index contributed by atoms with van der Waals surface area (Å²) in [6.07, 6.45) is 9.97. The van der Waals surface area contributed by atoms with Crippen LogP contribution in [0.15, 0.2) is 137 Å². The van der Waals surface area contributed by atoms with Gasteiger partial charge in [-0.3, -0.25) is 14.8 Å². The molecule has 59 heavy (non-hydrogen) atoms. The smallest absolute Gasteiger partial charge is 0.319 e. The molecule has 5 amide bonds. The lowest BCUT2D eigenvalue weighted by atomic mass is 10.2. The number of anilines is 2. The number of benzene rings is 3. The molecular formula is C41H44N8O8S2. The fraction of sp³-hybridized carbons (Fsp3) is 0.244. The number of rotatable bonds is 14. The zero-order chi connectivity index (χ0) is 41.8. The van der Waals surface area contributed by atoms with E-state index in [1.165, 1.54) is 49.2 Å². The van der Waals surface area contributed by atoms with Crippen molar-refractivity contribution in [3.8, 4) is 5.75 Å². The predicted molar refractivity (Wildman–Crippen MR) is 219 cm³/mol. The van der Waals surface area contributed by atoms with Gasteiger partial charge in [-0.1, -0.05) is 18.2 Å². The Morgan fingerprint density at radius 2 is 1.25 bits per heavy atom. The minimum absolute atomic E-state index is 0.0435. The second-order valence-electron chi connectivity index (χ2n) is 13.8. The Morgan fingerprint density at radius 1 is 0.695 bits per heavy atom. The summed E-state index contributed by atoms with van der Waals surface area (Å²) in [5, 5.41) is 10.7. The summed E-state index contributed by atoms with van der Waals surface area (Å²) in [5.41, 5.74) is 7.97. The molecule has 6 N–H and O–H groups in total. The highest BCUT2D eigenvalue weighted by Crippen LogP contribution is 2.31. The molecule has 16 nitrogen and oxygen atoms in total. The van der Waals surface area contributed by atoms with E-state index in [9.17, 15) is 31.2 Å². The standard InChI is InChI=1S/C23H23N3O4S.C18H21N5O4S/c27-23(25-15-18-3-2-12-24-14-18)26-19-8-10-21(11-9-19)31(28,29)22-5-1-4-20(13-22)30-16-17-6-7-17;19-17(24)16-4-2-10-23(16)28(26,27)15-7-5-14(6-8-15)22-18(25)21-12-13-3-1-9-20-11-13/h1-5,8-14,17H,6-7,15-16H2,(H2,25,26,27);1,3,5-9,11,16H,2,4,10,12H2,(H2,19,24)(H2,21,22,25)/t;16-/m.1/s1. The number of carbonyl (C=O) groups excluding carboxylic acids is 3. The Labute approximate surface area is 342 Å². The van der Waals surface area contributed by atoms with Crippen molar-refractivity contribution >= 4 is 49.2 Å². The van der Waals surface area contributed by atoms with Crippen LogP contribution in [0.2, 0.25) is 0 Å². The number of hydrogen-bond donors (Lipinski definition) is 5. The van der Waals surface area contributed by atoms with E-state index in [1.54, 1.807) is 73.3 Å². The Balaban J connectivity index is 0.000000199. The van der Waals surface area contributed by atoms with Crippen molar-refractivity contribution in [3.63, 3.8) is 0 Å². The summed E-state index contributed by atoms with van der Waals surface area (Å²) in [5.74, 6) is 0.489. The minimum atomic E-state index is -3.83. The van der Waals surface area contributed by atoms with Crippen LogP contribution in [0.3, 0.4) is 0 Å². The normalized spacial score (nSPS) is 15.2. The maximum atomic E-state index is 13.0. The lowest BCUT2D eigenvalue weighted by Crippen LogP contribution is -2.43. The zero-order valence-corrected chi connectivity index (χ0v) is 33.5. The maximum absolute atomic E-state index is 13.0. The third kappa shape index (κ3) is 11.8. The number of urea groups is 2. The van der Waals surface area contributed by atoms with Crippen LogP contribution >= 0.6 is 0 Å². The first kappa shape index (κ1) is 42.2. The molecule has 0 spiro atoms. The summed E-state index contributed by atoms with van der Waals surface area (Å²) in [6.45, 7) is 1.53. The summed E-state index contributed by atoms with van der Waals surface area (Å²) < 4.78 is 58.3. The van der Waals surface area contributed by atoms with Crippen molar-refractivity contribution in [2.45, 2.75) is 59.5 Å². The zero-order valence-electron chi connectivity index (χ0n) is 31.9. The molecule has 2 aliphatic rings. The third-order valence-electron chi connectivity index (χ3n) is 9.32. The topological polar surface area (TPSA) is 232 Å². The quantitative estimate of drug-likeness (QED) is 0.0997. The second-order valence-corrected chi connectivity index (χ2v) is 17.6. The summed E-state index contributed by atoms with van der Waals surface area (Å²) in [4.78, 5) is 43.9. The molecule has 1 aliphatic heterocycles. The van der Waals surface area contributed by atoms with E-state index >= 15 is 0 Å². The molecule has 2 fully saturated rings. The van der Waals surface area contributed by atoms with E-state index in [0.717, 1.165) is 15.4 Å². The fourth-order valence-corrected chi connectivity index (χ4v) is 8.92. The predicted octanol–water partition coefficient (Wildman–Crippen LogP) is 5.07. The SMILES string of the molecule is NC(=O)[C@H]1CCCN1S(=O)(=O)c1ccc(NC(=O)NCc2cccnc2)cc1.O=C(NCc1cccnc1)Nc1ccc(S(=O)(=O)c2cccc(OCC3CC3)c2)cc1. The van der Waals surface area contributed by atoms with Crippen LogP contribution in [0.25, 0.3) is 0 Å². The van der Waals surface area contributed by atoms with Crippen LogP contribution in [-0.4, -0.2) is 68.3 Å². The monoisotopic (exact) mass is 840 g/mol. The third-order valence-corrected chi connectivity index (χ3v) is 13.0. The first-order valence-electron chi connectivity index (χ1n) is 18.8. The van der Waals surface area contributed by atoms with Gasteiger partial charge in [0.1, 0.15) is 11.8 Å². The van der Waals surface area contributed by atoms with Crippen molar-refractivity contribution in [2.75, 3.05) is 23.8 Å². The van der Waals surface area contributed by atoms with Crippen LogP contribution in [0.4, 0.5) is 21.0 Å². The lowest BCUT2D eigenvalue weighted by Gasteiger charge is -2.21. The average Bonchev–Trinajstić information content (AvgIpc) is 3.94. The van der Waals surface area contributed by atoms with Crippen LogP contribution in [0, 0.1) is 5.92 Å².